The van der Waals surface area contributed by atoms with E-state index in [4.69, 9.17) is 23.6 Å². The van der Waals surface area contributed by atoms with E-state index in [0.717, 1.165) is 77.0 Å². The van der Waals surface area contributed by atoms with Crippen LogP contribution < -0.4 is 0 Å². The number of carbonyl (C=O) groups is 1. The first-order chi connectivity index (χ1) is 25.3. The van der Waals surface area contributed by atoms with Crippen molar-refractivity contribution in [3.63, 3.8) is 0 Å². The zero-order valence-electron chi connectivity index (χ0n) is 33.0. The van der Waals surface area contributed by atoms with Crippen LogP contribution in [0.25, 0.3) is 0 Å². The number of rotatable bonds is 39. The Morgan fingerprint density at radius 2 is 1.08 bits per heavy atom. The maximum absolute atomic E-state index is 12.6. The molecule has 52 heavy (non-hydrogen) atoms. The Hall–Kier alpha value is -1.58. The third-order valence-electron chi connectivity index (χ3n) is 8.47. The van der Waals surface area contributed by atoms with Gasteiger partial charge in [-0.2, -0.15) is 0 Å². The molecule has 0 aromatic carbocycles. The van der Waals surface area contributed by atoms with Crippen LogP contribution in [0.3, 0.4) is 0 Å². The number of aliphatic hydroxyl groups is 2. The number of allylic oxidation sites excluding steroid dienone is 8. The molecule has 0 aromatic rings. The van der Waals surface area contributed by atoms with Crippen molar-refractivity contribution < 1.29 is 43.0 Å². The molecule has 0 heterocycles. The summed E-state index contributed by atoms with van der Waals surface area (Å²) in [7, 11) is -4.52. The Balaban J connectivity index is 4.23. The molecule has 0 aliphatic rings. The zero-order valence-corrected chi connectivity index (χ0v) is 33.9. The maximum Gasteiger partial charge on any atom is 0.472 e. The molecule has 0 saturated carbocycles. The lowest BCUT2D eigenvalue weighted by Gasteiger charge is -2.20. The minimum atomic E-state index is -4.52. The van der Waals surface area contributed by atoms with E-state index in [1.165, 1.54) is 70.6 Å². The lowest BCUT2D eigenvalue weighted by atomic mass is 10.1. The van der Waals surface area contributed by atoms with Gasteiger partial charge in [0.15, 0.2) is 0 Å². The van der Waals surface area contributed by atoms with Gasteiger partial charge in [0.25, 0.3) is 0 Å². The molecule has 0 rings (SSSR count). The van der Waals surface area contributed by atoms with Crippen LogP contribution in [-0.4, -0.2) is 66.3 Å². The second-order valence-electron chi connectivity index (χ2n) is 13.6. The van der Waals surface area contributed by atoms with Crippen molar-refractivity contribution in [2.24, 2.45) is 0 Å². The van der Waals surface area contributed by atoms with Gasteiger partial charge >= 0.3 is 13.8 Å². The van der Waals surface area contributed by atoms with Crippen LogP contribution in [0.2, 0.25) is 0 Å². The third-order valence-corrected chi connectivity index (χ3v) is 9.42. The van der Waals surface area contributed by atoms with Gasteiger partial charge in [-0.15, -0.1) is 0 Å². The van der Waals surface area contributed by atoms with Crippen LogP contribution in [0.4, 0.5) is 0 Å². The highest BCUT2D eigenvalue weighted by atomic mass is 31.2. The molecule has 9 nitrogen and oxygen atoms in total. The lowest BCUT2D eigenvalue weighted by Crippen LogP contribution is -2.29. The Kier molecular flexibility index (Phi) is 37.9. The van der Waals surface area contributed by atoms with Gasteiger partial charge in [-0.25, -0.2) is 4.57 Å². The lowest BCUT2D eigenvalue weighted by molar-refractivity contribution is -0.154. The van der Waals surface area contributed by atoms with E-state index in [1.807, 2.05) is 0 Å². The fourth-order valence-electron chi connectivity index (χ4n) is 5.30. The Labute approximate surface area is 317 Å². The van der Waals surface area contributed by atoms with Crippen molar-refractivity contribution in [3.05, 3.63) is 48.6 Å². The molecule has 3 atom stereocenters. The van der Waals surface area contributed by atoms with Gasteiger partial charge in [0.05, 0.1) is 26.4 Å². The van der Waals surface area contributed by atoms with Gasteiger partial charge in [-0.05, 0) is 70.6 Å². The summed E-state index contributed by atoms with van der Waals surface area (Å²) in [5.74, 6) is -0.396. The maximum atomic E-state index is 12.6. The van der Waals surface area contributed by atoms with Crippen LogP contribution in [0.5, 0.6) is 0 Å². The molecule has 0 spiro atoms. The summed E-state index contributed by atoms with van der Waals surface area (Å²) in [6.07, 6.45) is 42.0. The second-order valence-corrected chi connectivity index (χ2v) is 15.1. The summed E-state index contributed by atoms with van der Waals surface area (Å²) in [5, 5.41) is 18.3. The Morgan fingerprint density at radius 3 is 1.62 bits per heavy atom. The first kappa shape index (κ1) is 50.4. The molecule has 3 unspecified atom stereocenters. The molecule has 0 radical (unpaired) electrons. The predicted octanol–water partition coefficient (Wildman–Crippen LogP) is 11.0. The molecule has 3 N–H and O–H groups in total. The minimum Gasteiger partial charge on any atom is -0.457 e. The summed E-state index contributed by atoms with van der Waals surface area (Å²) in [4.78, 5) is 22.5. The van der Waals surface area contributed by atoms with E-state index in [9.17, 15) is 19.4 Å². The molecule has 0 fully saturated rings. The molecular formula is C42H77O9P. The SMILES string of the molecule is CCC/C=C\C/C=C\CCCCCCCCOCC(COP(=O)(O)OCC(O)CO)OC(=O)CCCCCCCCC/C=C\C/C=C\CCCCC. The number of hydrogen-bond acceptors (Lipinski definition) is 8. The number of ether oxygens (including phenoxy) is 2. The smallest absolute Gasteiger partial charge is 0.457 e. The summed E-state index contributed by atoms with van der Waals surface area (Å²) in [6.45, 7) is 3.39. The first-order valence-electron chi connectivity index (χ1n) is 20.6. The van der Waals surface area contributed by atoms with Gasteiger partial charge in [-0.3, -0.25) is 13.8 Å². The molecule has 0 saturated heterocycles. The quantitative estimate of drug-likeness (QED) is 0.0243. The molecule has 0 aliphatic heterocycles. The number of carbonyl (C=O) groups excluding carboxylic acids is 1. The Bertz CT molecular complexity index is 950. The predicted molar refractivity (Wildman–Crippen MR) is 214 cm³/mol. The van der Waals surface area contributed by atoms with Crippen LogP contribution in [0.15, 0.2) is 48.6 Å². The largest absolute Gasteiger partial charge is 0.472 e. The standard InChI is InChI=1S/C42H77O9P/c1-3-5-7-9-11-13-15-17-19-20-21-22-24-26-28-30-32-34-42(45)51-41(39-50-52(46,47)49-37-40(44)36-43)38-48-35-33-31-29-27-25-23-18-16-14-12-10-8-6-4-2/h8,10-11,13-14,16-17,19,40-41,43-44H,3-7,9,12,15,18,20-39H2,1-2H3,(H,46,47)/b10-8-,13-11-,16-14-,19-17-. The number of phosphoric ester groups is 1. The summed E-state index contributed by atoms with van der Waals surface area (Å²) in [5.41, 5.74) is 0. The van der Waals surface area contributed by atoms with Crippen molar-refractivity contribution in [2.45, 2.75) is 180 Å². The first-order valence-corrected chi connectivity index (χ1v) is 22.1. The minimum absolute atomic E-state index is 0.0376. The van der Waals surface area contributed by atoms with E-state index in [2.05, 4.69) is 62.5 Å². The van der Waals surface area contributed by atoms with Crippen LogP contribution in [0, 0.1) is 0 Å². The van der Waals surface area contributed by atoms with Gasteiger partial charge in [0.1, 0.15) is 12.2 Å². The van der Waals surface area contributed by atoms with Crippen LogP contribution >= 0.6 is 7.82 Å². The van der Waals surface area contributed by atoms with Crippen molar-refractivity contribution in [3.8, 4) is 0 Å². The molecule has 0 aromatic heterocycles. The molecule has 0 aliphatic carbocycles. The van der Waals surface area contributed by atoms with Crippen molar-refractivity contribution in [1.29, 1.82) is 0 Å². The van der Waals surface area contributed by atoms with E-state index >= 15 is 0 Å². The third kappa shape index (κ3) is 38.2. The summed E-state index contributed by atoms with van der Waals surface area (Å²) < 4.78 is 33.3. The highest BCUT2D eigenvalue weighted by Crippen LogP contribution is 2.43. The van der Waals surface area contributed by atoms with Crippen LogP contribution in [0.1, 0.15) is 168 Å². The van der Waals surface area contributed by atoms with Gasteiger partial charge < -0.3 is 24.6 Å². The number of phosphoric acid groups is 1. The number of hydrogen-bond donors (Lipinski definition) is 3. The highest BCUT2D eigenvalue weighted by molar-refractivity contribution is 7.47. The second kappa shape index (κ2) is 39.1. The van der Waals surface area contributed by atoms with Crippen molar-refractivity contribution in [1.82, 2.24) is 0 Å². The molecular weight excluding hydrogens is 679 g/mol. The van der Waals surface area contributed by atoms with Gasteiger partial charge in [0.2, 0.25) is 0 Å². The molecule has 304 valence electrons. The zero-order chi connectivity index (χ0) is 38.2. The average molecular weight is 757 g/mol. The molecule has 0 bridgehead atoms. The fourth-order valence-corrected chi connectivity index (χ4v) is 6.09. The van der Waals surface area contributed by atoms with E-state index in [0.29, 0.717) is 6.61 Å². The van der Waals surface area contributed by atoms with E-state index < -0.39 is 39.2 Å². The summed E-state index contributed by atoms with van der Waals surface area (Å²) in [6, 6.07) is 0. The van der Waals surface area contributed by atoms with E-state index in [1.54, 1.807) is 0 Å². The number of esters is 1. The number of unbranched alkanes of at least 4 members (excludes halogenated alkanes) is 17. The van der Waals surface area contributed by atoms with Crippen molar-refractivity contribution in [2.75, 3.05) is 33.0 Å². The average Bonchev–Trinajstić information content (AvgIpc) is 3.13. The van der Waals surface area contributed by atoms with Crippen LogP contribution in [-0.2, 0) is 27.9 Å². The fraction of sp³-hybridized carbons (Fsp3) is 0.786. The highest BCUT2D eigenvalue weighted by Gasteiger charge is 2.26. The molecule has 0 amide bonds. The molecule has 10 heteroatoms. The topological polar surface area (TPSA) is 132 Å². The van der Waals surface area contributed by atoms with Gasteiger partial charge in [-0.1, -0.05) is 140 Å². The number of aliphatic hydroxyl groups excluding tert-OH is 2. The Morgan fingerprint density at radius 1 is 0.596 bits per heavy atom. The monoisotopic (exact) mass is 757 g/mol. The normalized spacial score (nSPS) is 14.6. The van der Waals surface area contributed by atoms with Crippen molar-refractivity contribution >= 4 is 13.8 Å². The van der Waals surface area contributed by atoms with E-state index in [-0.39, 0.29) is 19.6 Å². The van der Waals surface area contributed by atoms with Gasteiger partial charge in [0, 0.05) is 13.0 Å². The summed E-state index contributed by atoms with van der Waals surface area (Å²) >= 11 is 0.